The first kappa shape index (κ1) is 16.0. The normalized spacial score (nSPS) is 17.8. The monoisotopic (exact) mass is 370 g/mol. The Labute approximate surface area is 137 Å². The predicted molar refractivity (Wildman–Crippen MR) is 90.7 cm³/mol. The molecule has 0 amide bonds. The van der Waals surface area contributed by atoms with Crippen molar-refractivity contribution < 1.29 is 4.92 Å². The fraction of sp³-hybridized carbons (Fsp3) is 0.385. The van der Waals surface area contributed by atoms with Gasteiger partial charge in [0.1, 0.15) is 0 Å². The summed E-state index contributed by atoms with van der Waals surface area (Å²) in [5.74, 6) is 0.757. The first-order valence-electron chi connectivity index (χ1n) is 6.51. The summed E-state index contributed by atoms with van der Waals surface area (Å²) in [7, 11) is 0. The Morgan fingerprint density at radius 1 is 1.14 bits per heavy atom. The summed E-state index contributed by atoms with van der Waals surface area (Å²) in [4.78, 5) is 12.5. The molecular formula is C13H15BrN4O2S. The molecule has 2 aliphatic heterocycles. The fourth-order valence-corrected chi connectivity index (χ4v) is 3.23. The maximum absolute atomic E-state index is 10.6. The van der Waals surface area contributed by atoms with E-state index < -0.39 is 4.92 Å². The van der Waals surface area contributed by atoms with Crippen LogP contribution in [0.1, 0.15) is 18.4 Å². The molecule has 0 spiro atoms. The van der Waals surface area contributed by atoms with Gasteiger partial charge >= 0.3 is 0 Å². The summed E-state index contributed by atoms with van der Waals surface area (Å²) >= 11 is 1.69. The summed E-state index contributed by atoms with van der Waals surface area (Å²) in [6.07, 6.45) is 2.44. The lowest BCUT2D eigenvalue weighted by atomic mass is 10.1. The van der Waals surface area contributed by atoms with Crippen molar-refractivity contribution in [3.05, 3.63) is 39.9 Å². The number of nitro benzene ring substituents is 1. The number of likely N-dealkylation sites (tertiary alicyclic amines) is 1. The molecule has 0 saturated carbocycles. The standard InChI is InChI=1S/C13H14N4O2S.BrH/c18-17(19)11-5-3-10(4-6-11)12-9-20-13(15-14-12)16-7-1-2-8-16;/h3-6H,1-2,7-9H2;1H. The van der Waals surface area contributed by atoms with Gasteiger partial charge in [-0.2, -0.15) is 5.10 Å². The van der Waals surface area contributed by atoms with E-state index in [1.165, 1.54) is 25.0 Å². The number of amidine groups is 1. The first-order chi connectivity index (χ1) is 9.74. The minimum absolute atomic E-state index is 0. The van der Waals surface area contributed by atoms with E-state index in [4.69, 9.17) is 0 Å². The molecule has 0 unspecified atom stereocenters. The lowest BCUT2D eigenvalue weighted by molar-refractivity contribution is -0.384. The Bertz CT molecular complexity index is 582. The van der Waals surface area contributed by atoms with Crippen molar-refractivity contribution in [2.75, 3.05) is 18.8 Å². The fourth-order valence-electron chi connectivity index (χ4n) is 2.27. The molecule has 1 fully saturated rings. The Morgan fingerprint density at radius 3 is 2.33 bits per heavy atom. The summed E-state index contributed by atoms with van der Waals surface area (Å²) in [6.45, 7) is 2.13. The van der Waals surface area contributed by atoms with Crippen LogP contribution in [-0.4, -0.2) is 39.5 Å². The number of hydrogen-bond acceptors (Lipinski definition) is 6. The lowest BCUT2D eigenvalue weighted by Crippen LogP contribution is -2.27. The molecule has 2 aliphatic rings. The van der Waals surface area contributed by atoms with E-state index in [1.54, 1.807) is 23.9 Å². The van der Waals surface area contributed by atoms with E-state index in [-0.39, 0.29) is 22.7 Å². The van der Waals surface area contributed by atoms with Gasteiger partial charge in [0.25, 0.3) is 5.69 Å². The molecule has 8 heteroatoms. The van der Waals surface area contributed by atoms with Crippen molar-refractivity contribution >= 4 is 45.3 Å². The molecule has 0 atom stereocenters. The second-order valence-corrected chi connectivity index (χ2v) is 5.66. The van der Waals surface area contributed by atoms with Gasteiger partial charge in [-0.3, -0.25) is 10.1 Å². The van der Waals surface area contributed by atoms with Crippen molar-refractivity contribution in [1.82, 2.24) is 4.90 Å². The molecule has 1 saturated heterocycles. The van der Waals surface area contributed by atoms with E-state index >= 15 is 0 Å². The van der Waals surface area contributed by atoms with Crippen molar-refractivity contribution in [1.29, 1.82) is 0 Å². The Hall–Kier alpha value is -1.41. The highest BCUT2D eigenvalue weighted by molar-refractivity contribution is 8.93. The van der Waals surface area contributed by atoms with Gasteiger partial charge in [-0.05, 0) is 30.5 Å². The molecule has 3 rings (SSSR count). The zero-order valence-electron chi connectivity index (χ0n) is 11.3. The molecule has 1 aromatic carbocycles. The molecule has 1 aromatic rings. The van der Waals surface area contributed by atoms with Crippen molar-refractivity contribution in [3.63, 3.8) is 0 Å². The van der Waals surface area contributed by atoms with E-state index in [1.807, 2.05) is 0 Å². The maximum atomic E-state index is 10.6. The van der Waals surface area contributed by atoms with Crippen LogP contribution in [0.5, 0.6) is 0 Å². The highest BCUT2D eigenvalue weighted by atomic mass is 79.9. The molecule has 2 heterocycles. The zero-order chi connectivity index (χ0) is 13.9. The van der Waals surface area contributed by atoms with Crippen LogP contribution in [0.4, 0.5) is 5.69 Å². The Morgan fingerprint density at radius 2 is 1.81 bits per heavy atom. The molecule has 0 N–H and O–H groups in total. The van der Waals surface area contributed by atoms with Crippen LogP contribution in [0.25, 0.3) is 0 Å². The van der Waals surface area contributed by atoms with Crippen molar-refractivity contribution in [2.24, 2.45) is 10.2 Å². The maximum Gasteiger partial charge on any atom is 0.269 e. The summed E-state index contributed by atoms with van der Waals surface area (Å²) in [6, 6.07) is 6.46. The van der Waals surface area contributed by atoms with Crippen molar-refractivity contribution in [2.45, 2.75) is 12.8 Å². The largest absolute Gasteiger partial charge is 0.350 e. The van der Waals surface area contributed by atoms with Gasteiger partial charge in [0.05, 0.1) is 10.6 Å². The van der Waals surface area contributed by atoms with Gasteiger partial charge in [0.2, 0.25) is 0 Å². The highest BCUT2D eigenvalue weighted by Crippen LogP contribution is 2.22. The number of nitro groups is 1. The minimum atomic E-state index is -0.398. The third-order valence-electron chi connectivity index (χ3n) is 3.38. The number of halogens is 1. The summed E-state index contributed by atoms with van der Waals surface area (Å²) in [5, 5.41) is 20.2. The van der Waals surface area contributed by atoms with E-state index in [0.717, 1.165) is 35.3 Å². The minimum Gasteiger partial charge on any atom is -0.350 e. The Balaban J connectivity index is 0.00000161. The van der Waals surface area contributed by atoms with Gasteiger partial charge in [-0.1, -0.05) is 11.8 Å². The van der Waals surface area contributed by atoms with Crippen LogP contribution in [0.3, 0.4) is 0 Å². The van der Waals surface area contributed by atoms with Crippen LogP contribution in [0.2, 0.25) is 0 Å². The van der Waals surface area contributed by atoms with Crippen LogP contribution in [-0.2, 0) is 0 Å². The third kappa shape index (κ3) is 3.62. The molecule has 6 nitrogen and oxygen atoms in total. The quantitative estimate of drug-likeness (QED) is 0.592. The summed E-state index contributed by atoms with van der Waals surface area (Å²) < 4.78 is 0. The zero-order valence-corrected chi connectivity index (χ0v) is 13.8. The van der Waals surface area contributed by atoms with Crippen LogP contribution >= 0.6 is 28.7 Å². The van der Waals surface area contributed by atoms with Crippen LogP contribution in [0, 0.1) is 10.1 Å². The molecule has 0 bridgehead atoms. The Kier molecular flexibility index (Phi) is 5.35. The van der Waals surface area contributed by atoms with Crippen LogP contribution < -0.4 is 0 Å². The third-order valence-corrected chi connectivity index (χ3v) is 4.40. The molecule has 112 valence electrons. The van der Waals surface area contributed by atoms with Crippen molar-refractivity contribution in [3.8, 4) is 0 Å². The van der Waals surface area contributed by atoms with E-state index in [2.05, 4.69) is 15.1 Å². The van der Waals surface area contributed by atoms with Gasteiger partial charge in [-0.25, -0.2) is 0 Å². The second kappa shape index (κ2) is 7.04. The lowest BCUT2D eigenvalue weighted by Gasteiger charge is -2.20. The first-order valence-corrected chi connectivity index (χ1v) is 7.50. The molecule has 21 heavy (non-hydrogen) atoms. The highest BCUT2D eigenvalue weighted by Gasteiger charge is 2.20. The van der Waals surface area contributed by atoms with Gasteiger partial charge < -0.3 is 4.90 Å². The predicted octanol–water partition coefficient (Wildman–Crippen LogP) is 3.08. The summed E-state index contributed by atoms with van der Waals surface area (Å²) in [5.41, 5.74) is 1.86. The number of benzene rings is 1. The molecule has 0 aliphatic carbocycles. The molecule has 0 aromatic heterocycles. The van der Waals surface area contributed by atoms with Gasteiger partial charge in [-0.15, -0.1) is 22.1 Å². The number of rotatable bonds is 2. The molecular weight excluding hydrogens is 356 g/mol. The average Bonchev–Trinajstić information content (AvgIpc) is 3.02. The van der Waals surface area contributed by atoms with E-state index in [9.17, 15) is 10.1 Å². The second-order valence-electron chi connectivity index (χ2n) is 4.72. The topological polar surface area (TPSA) is 71.1 Å². The SMILES string of the molecule is Br.O=[N+]([O-])c1ccc(C2=NN=C(N3CCCC3)SC2)cc1. The van der Waals surface area contributed by atoms with E-state index in [0.29, 0.717) is 0 Å². The smallest absolute Gasteiger partial charge is 0.269 e. The molecule has 0 radical (unpaired) electrons. The number of non-ortho nitro benzene ring substituents is 1. The van der Waals surface area contributed by atoms with Gasteiger partial charge in [0.15, 0.2) is 5.17 Å². The number of hydrogen-bond donors (Lipinski definition) is 0. The number of nitrogens with zero attached hydrogens (tertiary/aromatic N) is 4. The van der Waals surface area contributed by atoms with Crippen LogP contribution in [0.15, 0.2) is 34.5 Å². The number of thioether (sulfide) groups is 1. The average molecular weight is 371 g/mol. The van der Waals surface area contributed by atoms with Gasteiger partial charge in [0, 0.05) is 31.0 Å².